The molecule has 0 spiro atoms. The van der Waals surface area contributed by atoms with E-state index in [0.29, 0.717) is 30.5 Å². The SMILES string of the molecule is NC(=O)[C@@H]1CCCN(C(=O)c2ccc(-c3ccc(F)cc3)cc2F)C1. The van der Waals surface area contributed by atoms with E-state index >= 15 is 0 Å². The molecule has 2 N–H and O–H groups in total. The summed E-state index contributed by atoms with van der Waals surface area (Å²) in [5.74, 6) is -2.30. The molecule has 0 saturated carbocycles. The Morgan fingerprint density at radius 1 is 1.04 bits per heavy atom. The number of primary amides is 1. The topological polar surface area (TPSA) is 63.4 Å². The third kappa shape index (κ3) is 3.68. The van der Waals surface area contributed by atoms with Crippen molar-refractivity contribution in [2.75, 3.05) is 13.1 Å². The summed E-state index contributed by atoms with van der Waals surface area (Å²) >= 11 is 0. The summed E-state index contributed by atoms with van der Waals surface area (Å²) in [6, 6.07) is 9.99. The minimum absolute atomic E-state index is 0.0454. The first-order valence-corrected chi connectivity index (χ1v) is 8.10. The van der Waals surface area contributed by atoms with E-state index in [0.717, 1.165) is 0 Å². The van der Waals surface area contributed by atoms with E-state index in [1.54, 1.807) is 18.2 Å². The van der Waals surface area contributed by atoms with E-state index in [9.17, 15) is 18.4 Å². The molecule has 3 rings (SSSR count). The monoisotopic (exact) mass is 344 g/mol. The summed E-state index contributed by atoms with van der Waals surface area (Å²) in [6.07, 6.45) is 1.31. The van der Waals surface area contributed by atoms with Gasteiger partial charge in [-0.05, 0) is 48.2 Å². The summed E-state index contributed by atoms with van der Waals surface area (Å²) in [4.78, 5) is 25.4. The van der Waals surface area contributed by atoms with Crippen LogP contribution in [0.1, 0.15) is 23.2 Å². The molecule has 6 heteroatoms. The number of piperidine rings is 1. The van der Waals surface area contributed by atoms with Gasteiger partial charge in [-0.25, -0.2) is 8.78 Å². The van der Waals surface area contributed by atoms with Crippen molar-refractivity contribution in [1.29, 1.82) is 0 Å². The molecule has 1 heterocycles. The lowest BCUT2D eigenvalue weighted by Crippen LogP contribution is -2.44. The van der Waals surface area contributed by atoms with Gasteiger partial charge < -0.3 is 10.6 Å². The van der Waals surface area contributed by atoms with E-state index in [4.69, 9.17) is 5.73 Å². The lowest BCUT2D eigenvalue weighted by Gasteiger charge is -2.31. The fourth-order valence-electron chi connectivity index (χ4n) is 3.07. The van der Waals surface area contributed by atoms with Crippen molar-refractivity contribution in [1.82, 2.24) is 4.90 Å². The highest BCUT2D eigenvalue weighted by molar-refractivity contribution is 5.95. The summed E-state index contributed by atoms with van der Waals surface area (Å²) in [5, 5.41) is 0. The van der Waals surface area contributed by atoms with Crippen LogP contribution < -0.4 is 5.73 Å². The van der Waals surface area contributed by atoms with Gasteiger partial charge in [-0.15, -0.1) is 0 Å². The highest BCUT2D eigenvalue weighted by Crippen LogP contribution is 2.24. The van der Waals surface area contributed by atoms with Crippen LogP contribution in [0.2, 0.25) is 0 Å². The lowest BCUT2D eigenvalue weighted by atomic mass is 9.96. The number of rotatable bonds is 3. The van der Waals surface area contributed by atoms with Crippen LogP contribution in [-0.2, 0) is 4.79 Å². The molecular weight excluding hydrogens is 326 g/mol. The Labute approximate surface area is 144 Å². The molecule has 1 fully saturated rings. The number of benzene rings is 2. The molecular formula is C19H18F2N2O2. The van der Waals surface area contributed by atoms with Crippen molar-refractivity contribution in [3.05, 3.63) is 59.7 Å². The van der Waals surface area contributed by atoms with Crippen LogP contribution in [0.15, 0.2) is 42.5 Å². The maximum atomic E-state index is 14.5. The fourth-order valence-corrected chi connectivity index (χ4v) is 3.07. The largest absolute Gasteiger partial charge is 0.369 e. The van der Waals surface area contributed by atoms with Crippen molar-refractivity contribution < 1.29 is 18.4 Å². The van der Waals surface area contributed by atoms with E-state index in [1.807, 2.05) is 0 Å². The molecule has 1 aliphatic heterocycles. The first-order chi connectivity index (χ1) is 12.0. The number of likely N-dealkylation sites (tertiary alicyclic amines) is 1. The molecule has 130 valence electrons. The van der Waals surface area contributed by atoms with Crippen LogP contribution in [-0.4, -0.2) is 29.8 Å². The van der Waals surface area contributed by atoms with Gasteiger partial charge in [-0.2, -0.15) is 0 Å². The highest BCUT2D eigenvalue weighted by Gasteiger charge is 2.28. The van der Waals surface area contributed by atoms with Crippen LogP contribution in [0, 0.1) is 17.6 Å². The minimum Gasteiger partial charge on any atom is -0.369 e. The van der Waals surface area contributed by atoms with Gasteiger partial charge in [0.25, 0.3) is 5.91 Å². The second-order valence-electron chi connectivity index (χ2n) is 6.19. The van der Waals surface area contributed by atoms with Crippen LogP contribution in [0.4, 0.5) is 8.78 Å². The maximum absolute atomic E-state index is 14.5. The van der Waals surface area contributed by atoms with Crippen molar-refractivity contribution >= 4 is 11.8 Å². The smallest absolute Gasteiger partial charge is 0.256 e. The number of carbonyl (C=O) groups excluding carboxylic acids is 2. The van der Waals surface area contributed by atoms with Crippen molar-refractivity contribution in [3.63, 3.8) is 0 Å². The van der Waals surface area contributed by atoms with Crippen LogP contribution in [0.3, 0.4) is 0 Å². The molecule has 0 aliphatic carbocycles. The molecule has 1 aliphatic rings. The number of hydrogen-bond acceptors (Lipinski definition) is 2. The van der Waals surface area contributed by atoms with Crippen molar-refractivity contribution in [3.8, 4) is 11.1 Å². The number of nitrogens with two attached hydrogens (primary N) is 1. The van der Waals surface area contributed by atoms with Gasteiger partial charge in [0.1, 0.15) is 11.6 Å². The summed E-state index contributed by atoms with van der Waals surface area (Å²) in [6.45, 7) is 0.690. The maximum Gasteiger partial charge on any atom is 0.256 e. The van der Waals surface area contributed by atoms with Crippen LogP contribution in [0.5, 0.6) is 0 Å². The zero-order valence-corrected chi connectivity index (χ0v) is 13.5. The third-order valence-corrected chi connectivity index (χ3v) is 4.49. The van der Waals surface area contributed by atoms with Gasteiger partial charge in [-0.1, -0.05) is 18.2 Å². The average molecular weight is 344 g/mol. The van der Waals surface area contributed by atoms with Gasteiger partial charge in [-0.3, -0.25) is 9.59 Å². The highest BCUT2D eigenvalue weighted by atomic mass is 19.1. The first kappa shape index (κ1) is 17.1. The molecule has 1 saturated heterocycles. The Balaban J connectivity index is 1.81. The lowest BCUT2D eigenvalue weighted by molar-refractivity contribution is -0.123. The molecule has 2 aromatic rings. The van der Waals surface area contributed by atoms with Gasteiger partial charge in [0.15, 0.2) is 0 Å². The van der Waals surface area contributed by atoms with Gasteiger partial charge in [0, 0.05) is 13.1 Å². The summed E-state index contributed by atoms with van der Waals surface area (Å²) < 4.78 is 27.5. The molecule has 2 amide bonds. The van der Waals surface area contributed by atoms with Gasteiger partial charge in [0.05, 0.1) is 11.5 Å². The summed E-state index contributed by atoms with van der Waals surface area (Å²) in [7, 11) is 0. The normalized spacial score (nSPS) is 17.4. The molecule has 1 atom stereocenters. The fraction of sp³-hybridized carbons (Fsp3) is 0.263. The minimum atomic E-state index is -0.645. The number of hydrogen-bond donors (Lipinski definition) is 1. The number of halogens is 2. The zero-order chi connectivity index (χ0) is 18.0. The van der Waals surface area contributed by atoms with E-state index in [-0.39, 0.29) is 23.8 Å². The number of amides is 2. The van der Waals surface area contributed by atoms with E-state index < -0.39 is 17.6 Å². The Morgan fingerprint density at radius 2 is 1.72 bits per heavy atom. The van der Waals surface area contributed by atoms with E-state index in [2.05, 4.69) is 0 Å². The quantitative estimate of drug-likeness (QED) is 0.930. The van der Waals surface area contributed by atoms with Gasteiger partial charge in [0.2, 0.25) is 5.91 Å². The average Bonchev–Trinajstić information content (AvgIpc) is 2.62. The van der Waals surface area contributed by atoms with Crippen LogP contribution >= 0.6 is 0 Å². The van der Waals surface area contributed by atoms with Crippen LogP contribution in [0.25, 0.3) is 11.1 Å². The zero-order valence-electron chi connectivity index (χ0n) is 13.5. The second-order valence-corrected chi connectivity index (χ2v) is 6.19. The molecule has 0 radical (unpaired) electrons. The Kier molecular flexibility index (Phi) is 4.79. The Bertz CT molecular complexity index is 806. The van der Waals surface area contributed by atoms with Crippen molar-refractivity contribution in [2.45, 2.75) is 12.8 Å². The molecule has 25 heavy (non-hydrogen) atoms. The van der Waals surface area contributed by atoms with Gasteiger partial charge >= 0.3 is 0 Å². The van der Waals surface area contributed by atoms with E-state index in [1.165, 1.54) is 29.2 Å². The summed E-state index contributed by atoms with van der Waals surface area (Å²) in [5.41, 5.74) is 6.49. The Morgan fingerprint density at radius 3 is 2.36 bits per heavy atom. The number of nitrogens with zero attached hydrogens (tertiary/aromatic N) is 1. The standard InChI is InChI=1S/C19H18F2N2O2/c20-15-6-3-12(4-7-15)13-5-8-16(17(21)10-13)19(25)23-9-1-2-14(11-23)18(22)24/h3-8,10,14H,1-2,9,11H2,(H2,22,24)/t14-/m1/s1. The van der Waals surface area contributed by atoms with Crippen molar-refractivity contribution in [2.24, 2.45) is 11.7 Å². The second kappa shape index (κ2) is 7.01. The predicted molar refractivity (Wildman–Crippen MR) is 89.6 cm³/mol. The number of carbonyl (C=O) groups is 2. The molecule has 2 aromatic carbocycles. The molecule has 4 nitrogen and oxygen atoms in total. The Hall–Kier alpha value is -2.76. The molecule has 0 bridgehead atoms. The first-order valence-electron chi connectivity index (χ1n) is 8.10. The third-order valence-electron chi connectivity index (χ3n) is 4.49. The molecule has 0 aromatic heterocycles. The molecule has 0 unspecified atom stereocenters. The predicted octanol–water partition coefficient (Wildman–Crippen LogP) is 2.97.